The summed E-state index contributed by atoms with van der Waals surface area (Å²) in [4.78, 5) is 25.1. The smallest absolute Gasteiger partial charge is 0.362 e. The summed E-state index contributed by atoms with van der Waals surface area (Å²) in [5.74, 6) is 0. The van der Waals surface area contributed by atoms with Crippen LogP contribution >= 0.6 is 0 Å². The minimum Gasteiger partial charge on any atom is -0.421 e. The van der Waals surface area contributed by atoms with E-state index in [-0.39, 0.29) is 4.73 Å². The molecule has 0 bridgehead atoms. The van der Waals surface area contributed by atoms with Crippen LogP contribution in [-0.4, -0.2) is 14.9 Å². The minimum atomic E-state index is -0.822. The first-order valence-electron chi connectivity index (χ1n) is 4.46. The zero-order chi connectivity index (χ0) is 11.2. The second-order valence-electron chi connectivity index (χ2n) is 3.55. The molecule has 0 aliphatic carbocycles. The number of hydrogen-bond donors (Lipinski definition) is 2. The van der Waals surface area contributed by atoms with Crippen molar-refractivity contribution < 1.29 is 5.21 Å². The molecule has 0 unspecified atom stereocenters. The van der Waals surface area contributed by atoms with Gasteiger partial charge in [-0.3, -0.25) is 4.79 Å². The van der Waals surface area contributed by atoms with Crippen LogP contribution in [0.15, 0.2) is 21.7 Å². The van der Waals surface area contributed by atoms with E-state index in [4.69, 9.17) is 5.21 Å². The normalized spacial score (nSPS) is 10.8. The fourth-order valence-corrected chi connectivity index (χ4v) is 1.72. The second-order valence-corrected chi connectivity index (χ2v) is 3.55. The molecule has 0 aliphatic rings. The Hall–Kier alpha value is -2.04. The van der Waals surface area contributed by atoms with Gasteiger partial charge in [-0.2, -0.15) is 0 Å². The Bertz CT molecular complexity index is 652. The van der Waals surface area contributed by atoms with E-state index in [0.717, 1.165) is 11.1 Å². The SMILES string of the molecule is Cc1cc(C)c2c(=O)n(O)c(=O)[nH]c2c1. The molecular weight excluding hydrogens is 196 g/mol. The molecule has 1 heterocycles. The van der Waals surface area contributed by atoms with Gasteiger partial charge in [-0.25, -0.2) is 4.79 Å². The molecule has 0 atom stereocenters. The average Bonchev–Trinajstić information content (AvgIpc) is 2.13. The van der Waals surface area contributed by atoms with E-state index in [0.29, 0.717) is 10.9 Å². The van der Waals surface area contributed by atoms with Crippen molar-refractivity contribution in [1.82, 2.24) is 9.71 Å². The van der Waals surface area contributed by atoms with Gasteiger partial charge in [0.2, 0.25) is 0 Å². The molecule has 5 heteroatoms. The third-order valence-electron chi connectivity index (χ3n) is 2.32. The fraction of sp³-hybridized carbons (Fsp3) is 0.200. The average molecular weight is 206 g/mol. The van der Waals surface area contributed by atoms with Crippen LogP contribution < -0.4 is 11.2 Å². The molecule has 0 aliphatic heterocycles. The molecule has 0 amide bonds. The van der Waals surface area contributed by atoms with E-state index in [9.17, 15) is 9.59 Å². The maximum Gasteiger partial charge on any atom is 0.362 e. The third-order valence-corrected chi connectivity index (χ3v) is 2.32. The van der Waals surface area contributed by atoms with Gasteiger partial charge in [0.15, 0.2) is 0 Å². The van der Waals surface area contributed by atoms with Crippen LogP contribution in [0.4, 0.5) is 0 Å². The van der Waals surface area contributed by atoms with E-state index >= 15 is 0 Å². The number of aromatic amines is 1. The first-order chi connectivity index (χ1) is 7.00. The van der Waals surface area contributed by atoms with Gasteiger partial charge in [0, 0.05) is 0 Å². The number of nitrogens with one attached hydrogen (secondary N) is 1. The number of nitrogens with zero attached hydrogens (tertiary/aromatic N) is 1. The zero-order valence-corrected chi connectivity index (χ0v) is 8.37. The van der Waals surface area contributed by atoms with Gasteiger partial charge < -0.3 is 10.2 Å². The highest BCUT2D eigenvalue weighted by atomic mass is 16.5. The van der Waals surface area contributed by atoms with Crippen molar-refractivity contribution in [3.8, 4) is 0 Å². The molecule has 2 aromatic rings. The predicted octanol–water partition coefficient (Wildman–Crippen LogP) is 0.544. The number of hydrogen-bond acceptors (Lipinski definition) is 3. The zero-order valence-electron chi connectivity index (χ0n) is 8.37. The van der Waals surface area contributed by atoms with Crippen molar-refractivity contribution in [2.24, 2.45) is 0 Å². The molecule has 0 saturated heterocycles. The number of aromatic nitrogens is 2. The van der Waals surface area contributed by atoms with Crippen LogP contribution in [0.2, 0.25) is 0 Å². The van der Waals surface area contributed by atoms with E-state index in [1.165, 1.54) is 0 Å². The van der Waals surface area contributed by atoms with Crippen molar-refractivity contribution in [3.05, 3.63) is 44.1 Å². The van der Waals surface area contributed by atoms with Crippen LogP contribution in [0.1, 0.15) is 11.1 Å². The predicted molar refractivity (Wildman–Crippen MR) is 55.5 cm³/mol. The van der Waals surface area contributed by atoms with Crippen molar-refractivity contribution in [3.63, 3.8) is 0 Å². The summed E-state index contributed by atoms with van der Waals surface area (Å²) >= 11 is 0. The fourth-order valence-electron chi connectivity index (χ4n) is 1.72. The highest BCUT2D eigenvalue weighted by Gasteiger charge is 2.08. The summed E-state index contributed by atoms with van der Waals surface area (Å²) < 4.78 is 0.0880. The molecule has 78 valence electrons. The number of fused-ring (bicyclic) bond motifs is 1. The van der Waals surface area contributed by atoms with Gasteiger partial charge in [0.25, 0.3) is 5.56 Å². The molecule has 15 heavy (non-hydrogen) atoms. The van der Waals surface area contributed by atoms with Gasteiger partial charge in [0.1, 0.15) is 0 Å². The van der Waals surface area contributed by atoms with Crippen molar-refractivity contribution in [2.75, 3.05) is 0 Å². The van der Waals surface area contributed by atoms with Gasteiger partial charge in [0.05, 0.1) is 10.9 Å². The number of H-pyrrole nitrogens is 1. The maximum absolute atomic E-state index is 11.6. The molecule has 1 aromatic heterocycles. The lowest BCUT2D eigenvalue weighted by atomic mass is 10.1. The Morgan fingerprint density at radius 2 is 1.93 bits per heavy atom. The van der Waals surface area contributed by atoms with Crippen molar-refractivity contribution in [2.45, 2.75) is 13.8 Å². The number of benzene rings is 1. The van der Waals surface area contributed by atoms with Gasteiger partial charge in [-0.05, 0) is 31.0 Å². The number of aryl methyl sites for hydroxylation is 2. The van der Waals surface area contributed by atoms with Crippen LogP contribution in [0, 0.1) is 13.8 Å². The summed E-state index contributed by atoms with van der Waals surface area (Å²) in [6, 6.07) is 3.52. The van der Waals surface area contributed by atoms with Crippen LogP contribution in [-0.2, 0) is 0 Å². The van der Waals surface area contributed by atoms with Crippen molar-refractivity contribution >= 4 is 10.9 Å². The Kier molecular flexibility index (Phi) is 1.89. The second kappa shape index (κ2) is 2.98. The molecule has 0 radical (unpaired) electrons. The van der Waals surface area contributed by atoms with Crippen LogP contribution in [0.3, 0.4) is 0 Å². The van der Waals surface area contributed by atoms with Crippen LogP contribution in [0.5, 0.6) is 0 Å². The molecule has 1 aromatic carbocycles. The summed E-state index contributed by atoms with van der Waals surface area (Å²) in [5.41, 5.74) is 0.622. The summed E-state index contributed by atoms with van der Waals surface area (Å²) in [6.45, 7) is 3.63. The van der Waals surface area contributed by atoms with Gasteiger partial charge in [-0.1, -0.05) is 10.8 Å². The first-order valence-corrected chi connectivity index (χ1v) is 4.46. The van der Waals surface area contributed by atoms with E-state index in [1.807, 2.05) is 13.0 Å². The quantitative estimate of drug-likeness (QED) is 0.618. The highest BCUT2D eigenvalue weighted by molar-refractivity contribution is 5.81. The maximum atomic E-state index is 11.6. The molecule has 2 N–H and O–H groups in total. The molecule has 0 spiro atoms. The summed E-state index contributed by atoms with van der Waals surface area (Å²) in [6.07, 6.45) is 0. The molecular formula is C10H10N2O3. The lowest BCUT2D eigenvalue weighted by molar-refractivity contribution is 0.162. The van der Waals surface area contributed by atoms with Crippen LogP contribution in [0.25, 0.3) is 10.9 Å². The van der Waals surface area contributed by atoms with Gasteiger partial charge >= 0.3 is 5.69 Å². The highest BCUT2D eigenvalue weighted by Crippen LogP contribution is 2.13. The Balaban J connectivity index is 3.13. The molecule has 5 nitrogen and oxygen atoms in total. The Morgan fingerprint density at radius 3 is 2.60 bits per heavy atom. The third kappa shape index (κ3) is 1.32. The molecule has 2 rings (SSSR count). The standard InChI is InChI=1S/C10H10N2O3/c1-5-3-6(2)8-7(4-5)11-10(14)12(15)9(8)13/h3-4,15H,1-2H3,(H,11,14). The minimum absolute atomic E-state index is 0.0880. The van der Waals surface area contributed by atoms with Gasteiger partial charge in [-0.15, -0.1) is 0 Å². The molecule has 0 fully saturated rings. The topological polar surface area (TPSA) is 75.1 Å². The monoisotopic (exact) mass is 206 g/mol. The van der Waals surface area contributed by atoms with E-state index in [1.54, 1.807) is 13.0 Å². The van der Waals surface area contributed by atoms with E-state index < -0.39 is 11.2 Å². The lowest BCUT2D eigenvalue weighted by Gasteiger charge is -2.04. The first kappa shape index (κ1) is 9.51. The Morgan fingerprint density at radius 1 is 1.27 bits per heavy atom. The number of rotatable bonds is 0. The largest absolute Gasteiger partial charge is 0.421 e. The Labute approximate surface area is 84.6 Å². The summed E-state index contributed by atoms with van der Waals surface area (Å²) in [5, 5.41) is 9.49. The summed E-state index contributed by atoms with van der Waals surface area (Å²) in [7, 11) is 0. The lowest BCUT2D eigenvalue weighted by Crippen LogP contribution is -2.33. The van der Waals surface area contributed by atoms with Crippen molar-refractivity contribution in [1.29, 1.82) is 0 Å². The van der Waals surface area contributed by atoms with E-state index in [2.05, 4.69) is 4.98 Å². The molecule has 0 saturated carbocycles.